The number of rotatable bonds is 7. The first-order valence-electron chi connectivity index (χ1n) is 7.83. The Morgan fingerprint density at radius 3 is 2.88 bits per heavy atom. The van der Waals surface area contributed by atoms with Crippen LogP contribution in [0.25, 0.3) is 0 Å². The van der Waals surface area contributed by atoms with Crippen LogP contribution in [0, 0.1) is 21.8 Å². The fourth-order valence-corrected chi connectivity index (χ4v) is 2.80. The molecule has 0 radical (unpaired) electrons. The third-order valence-electron chi connectivity index (χ3n) is 4.13. The summed E-state index contributed by atoms with van der Waals surface area (Å²) in [6.45, 7) is 1.17. The summed E-state index contributed by atoms with van der Waals surface area (Å²) in [6, 6.07) is 3.27. The van der Waals surface area contributed by atoms with E-state index in [1.165, 1.54) is 11.0 Å². The second kappa shape index (κ2) is 8.02. The molecule has 0 bridgehead atoms. The smallest absolute Gasteiger partial charge is 0.306 e. The van der Waals surface area contributed by atoms with Crippen molar-refractivity contribution in [1.29, 1.82) is 0 Å². The summed E-state index contributed by atoms with van der Waals surface area (Å²) in [5.74, 6) is -1.97. The Hall–Kier alpha value is -2.55. The van der Waals surface area contributed by atoms with E-state index in [1.54, 1.807) is 19.1 Å². The molecule has 136 valence electrons. The number of hydrogen-bond acceptors (Lipinski definition) is 5. The van der Waals surface area contributed by atoms with Crippen molar-refractivity contribution in [1.82, 2.24) is 4.90 Å². The Morgan fingerprint density at radius 2 is 2.24 bits per heavy atom. The maximum atomic E-state index is 13.4. The van der Waals surface area contributed by atoms with Gasteiger partial charge in [-0.2, -0.15) is 4.39 Å². The number of nitro benzene ring substituents is 1. The van der Waals surface area contributed by atoms with E-state index < -0.39 is 22.3 Å². The van der Waals surface area contributed by atoms with E-state index in [-0.39, 0.29) is 30.5 Å². The second-order valence-electron chi connectivity index (χ2n) is 5.90. The van der Waals surface area contributed by atoms with Crippen molar-refractivity contribution in [3.8, 4) is 0 Å². The summed E-state index contributed by atoms with van der Waals surface area (Å²) in [4.78, 5) is 37.5. The zero-order valence-electron chi connectivity index (χ0n) is 14.1. The van der Waals surface area contributed by atoms with Gasteiger partial charge in [-0.1, -0.05) is 0 Å². The number of carbonyl (C=O) groups is 2. The van der Waals surface area contributed by atoms with Gasteiger partial charge in [-0.15, -0.1) is 0 Å². The Bertz CT molecular complexity index is 682. The number of carbonyl (C=O) groups excluding carboxylic acids is 2. The van der Waals surface area contributed by atoms with Crippen LogP contribution in [-0.4, -0.2) is 55.5 Å². The molecule has 8 nitrogen and oxygen atoms in total. The molecule has 1 aromatic rings. The maximum absolute atomic E-state index is 13.4. The topological polar surface area (TPSA) is 93.0 Å². The highest BCUT2D eigenvalue weighted by Crippen LogP contribution is 2.30. The first-order chi connectivity index (χ1) is 11.8. The first kappa shape index (κ1) is 18.8. The van der Waals surface area contributed by atoms with Gasteiger partial charge in [-0.25, -0.2) is 0 Å². The number of benzene rings is 1. The van der Waals surface area contributed by atoms with Crippen molar-refractivity contribution in [2.24, 2.45) is 5.92 Å². The number of anilines is 1. The van der Waals surface area contributed by atoms with Gasteiger partial charge in [0.2, 0.25) is 17.6 Å². The highest BCUT2D eigenvalue weighted by Gasteiger charge is 2.37. The van der Waals surface area contributed by atoms with E-state index in [4.69, 9.17) is 4.74 Å². The van der Waals surface area contributed by atoms with Crippen LogP contribution < -0.4 is 4.90 Å². The SMILES string of the molecule is COCCCN(C)C(=O)C1CC(=O)N(c2ccc(F)c([N+](=O)[O-])c2)C1. The van der Waals surface area contributed by atoms with Gasteiger partial charge in [0.15, 0.2) is 0 Å². The molecule has 1 aliphatic rings. The van der Waals surface area contributed by atoms with Crippen LogP contribution in [0.5, 0.6) is 0 Å². The predicted octanol–water partition coefficient (Wildman–Crippen LogP) is 1.58. The lowest BCUT2D eigenvalue weighted by Crippen LogP contribution is -2.35. The summed E-state index contributed by atoms with van der Waals surface area (Å²) >= 11 is 0. The largest absolute Gasteiger partial charge is 0.385 e. The average molecular weight is 353 g/mol. The fraction of sp³-hybridized carbons (Fsp3) is 0.500. The number of nitrogens with zero attached hydrogens (tertiary/aromatic N) is 3. The molecule has 0 spiro atoms. The number of amides is 2. The summed E-state index contributed by atoms with van der Waals surface area (Å²) in [5.41, 5.74) is -0.479. The molecule has 0 N–H and O–H groups in total. The van der Waals surface area contributed by atoms with Gasteiger partial charge in [0.05, 0.1) is 16.5 Å². The first-order valence-corrected chi connectivity index (χ1v) is 7.83. The molecule has 0 aliphatic carbocycles. The van der Waals surface area contributed by atoms with Gasteiger partial charge in [-0.05, 0) is 18.6 Å². The number of nitro groups is 1. The highest BCUT2D eigenvalue weighted by atomic mass is 19.1. The number of methoxy groups -OCH3 is 1. The Balaban J connectivity index is 2.08. The minimum Gasteiger partial charge on any atom is -0.385 e. The molecule has 1 heterocycles. The van der Waals surface area contributed by atoms with Gasteiger partial charge in [0.25, 0.3) is 0 Å². The Kier molecular flexibility index (Phi) is 6.02. The van der Waals surface area contributed by atoms with Crippen LogP contribution in [0.15, 0.2) is 18.2 Å². The van der Waals surface area contributed by atoms with Crippen LogP contribution in [0.3, 0.4) is 0 Å². The van der Waals surface area contributed by atoms with Crippen LogP contribution in [0.4, 0.5) is 15.8 Å². The van der Waals surface area contributed by atoms with E-state index in [2.05, 4.69) is 0 Å². The normalized spacial score (nSPS) is 17.0. The van der Waals surface area contributed by atoms with Crippen molar-refractivity contribution < 1.29 is 23.6 Å². The lowest BCUT2D eigenvalue weighted by Gasteiger charge is -2.21. The number of ether oxygens (including phenoxy) is 1. The van der Waals surface area contributed by atoms with Crippen molar-refractivity contribution in [3.63, 3.8) is 0 Å². The minimum atomic E-state index is -0.967. The number of halogens is 1. The molecular formula is C16H20FN3O5. The molecule has 2 amide bonds. The quantitative estimate of drug-likeness (QED) is 0.421. The average Bonchev–Trinajstić information content (AvgIpc) is 2.96. The molecule has 1 aliphatic heterocycles. The van der Waals surface area contributed by atoms with Gasteiger partial charge in [-0.3, -0.25) is 19.7 Å². The molecule has 1 saturated heterocycles. The summed E-state index contributed by atoms with van der Waals surface area (Å²) in [5, 5.41) is 10.8. The third kappa shape index (κ3) is 4.30. The highest BCUT2D eigenvalue weighted by molar-refractivity contribution is 6.00. The van der Waals surface area contributed by atoms with Crippen molar-refractivity contribution in [3.05, 3.63) is 34.1 Å². The lowest BCUT2D eigenvalue weighted by molar-refractivity contribution is -0.387. The fourth-order valence-electron chi connectivity index (χ4n) is 2.80. The van der Waals surface area contributed by atoms with Crippen LogP contribution in [0.1, 0.15) is 12.8 Å². The lowest BCUT2D eigenvalue weighted by atomic mass is 10.1. The van der Waals surface area contributed by atoms with Gasteiger partial charge >= 0.3 is 5.69 Å². The molecule has 1 fully saturated rings. The molecule has 1 unspecified atom stereocenters. The van der Waals surface area contributed by atoms with Crippen LogP contribution in [-0.2, 0) is 14.3 Å². The molecule has 0 saturated carbocycles. The van der Waals surface area contributed by atoms with Gasteiger partial charge in [0.1, 0.15) is 0 Å². The van der Waals surface area contributed by atoms with Crippen LogP contribution in [0.2, 0.25) is 0 Å². The Labute approximate surface area is 144 Å². The van der Waals surface area contributed by atoms with E-state index in [0.717, 1.165) is 12.1 Å². The van der Waals surface area contributed by atoms with Gasteiger partial charge in [0, 0.05) is 46.3 Å². The zero-order chi connectivity index (χ0) is 18.6. The number of hydrogen-bond donors (Lipinski definition) is 0. The molecule has 25 heavy (non-hydrogen) atoms. The van der Waals surface area contributed by atoms with Crippen LogP contribution >= 0.6 is 0 Å². The molecule has 1 atom stereocenters. The Morgan fingerprint density at radius 1 is 1.52 bits per heavy atom. The summed E-state index contributed by atoms with van der Waals surface area (Å²) in [7, 11) is 3.24. The van der Waals surface area contributed by atoms with Gasteiger partial charge < -0.3 is 14.5 Å². The van der Waals surface area contributed by atoms with Crippen molar-refractivity contribution in [2.45, 2.75) is 12.8 Å². The predicted molar refractivity (Wildman–Crippen MR) is 87.6 cm³/mol. The van der Waals surface area contributed by atoms with Crippen molar-refractivity contribution >= 4 is 23.2 Å². The summed E-state index contributed by atoms with van der Waals surface area (Å²) in [6.07, 6.45) is 0.714. The standard InChI is InChI=1S/C16H20FN3O5/c1-18(6-3-7-25-2)16(22)11-8-15(21)19(10-11)12-4-5-13(17)14(9-12)20(23)24/h4-5,9,11H,3,6-8,10H2,1-2H3. The molecular weight excluding hydrogens is 333 g/mol. The minimum absolute atomic E-state index is 0.0264. The molecule has 1 aromatic carbocycles. The van der Waals surface area contributed by atoms with Crippen molar-refractivity contribution in [2.75, 3.05) is 38.8 Å². The zero-order valence-corrected chi connectivity index (χ0v) is 14.1. The summed E-state index contributed by atoms with van der Waals surface area (Å²) < 4.78 is 18.4. The molecule has 9 heteroatoms. The van der Waals surface area contributed by atoms with E-state index in [9.17, 15) is 24.1 Å². The third-order valence-corrected chi connectivity index (χ3v) is 4.13. The van der Waals surface area contributed by atoms with E-state index in [1.807, 2.05) is 0 Å². The molecule has 2 rings (SSSR count). The monoisotopic (exact) mass is 353 g/mol. The second-order valence-corrected chi connectivity index (χ2v) is 5.90. The van der Waals surface area contributed by atoms with E-state index >= 15 is 0 Å². The molecule has 0 aromatic heterocycles. The maximum Gasteiger partial charge on any atom is 0.306 e. The van der Waals surface area contributed by atoms with E-state index in [0.29, 0.717) is 19.6 Å².